The van der Waals surface area contributed by atoms with E-state index >= 15 is 0 Å². The van der Waals surface area contributed by atoms with E-state index < -0.39 is 5.97 Å². The lowest BCUT2D eigenvalue weighted by atomic mass is 10.0. The molecule has 1 fully saturated rings. The summed E-state index contributed by atoms with van der Waals surface area (Å²) >= 11 is 4.96. The van der Waals surface area contributed by atoms with Gasteiger partial charge in [-0.3, -0.25) is 4.79 Å². The summed E-state index contributed by atoms with van der Waals surface area (Å²) in [6.45, 7) is 0. The Bertz CT molecular complexity index is 410. The van der Waals surface area contributed by atoms with Crippen LogP contribution in [0.2, 0.25) is 0 Å². The standard InChI is InChI=1S/C11H9ClO3/c12-15-11(14)8-3-4-10(7-1-2-7)9(5-8)6-13/h3-7H,1-2H2. The highest BCUT2D eigenvalue weighted by Gasteiger charge is 2.26. The van der Waals surface area contributed by atoms with Crippen LogP contribution in [0.25, 0.3) is 0 Å². The molecule has 1 aromatic rings. The van der Waals surface area contributed by atoms with E-state index in [-0.39, 0.29) is 0 Å². The van der Waals surface area contributed by atoms with Gasteiger partial charge in [0.05, 0.1) is 5.56 Å². The van der Waals surface area contributed by atoms with Gasteiger partial charge in [-0.15, -0.1) is 0 Å². The van der Waals surface area contributed by atoms with E-state index in [1.165, 1.54) is 6.07 Å². The monoisotopic (exact) mass is 224 g/mol. The minimum Gasteiger partial charge on any atom is -0.343 e. The predicted octanol–water partition coefficient (Wildman–Crippen LogP) is 2.69. The van der Waals surface area contributed by atoms with Gasteiger partial charge >= 0.3 is 5.97 Å². The van der Waals surface area contributed by atoms with Crippen molar-refractivity contribution in [2.24, 2.45) is 0 Å². The second kappa shape index (κ2) is 4.03. The van der Waals surface area contributed by atoms with Crippen molar-refractivity contribution in [3.8, 4) is 0 Å². The van der Waals surface area contributed by atoms with Crippen molar-refractivity contribution >= 4 is 24.1 Å². The SMILES string of the molecule is O=Cc1cc(C(=O)OCl)ccc1C1CC1. The summed E-state index contributed by atoms with van der Waals surface area (Å²) in [6.07, 6.45) is 2.99. The molecule has 0 bridgehead atoms. The van der Waals surface area contributed by atoms with Crippen LogP contribution in [0, 0.1) is 0 Å². The summed E-state index contributed by atoms with van der Waals surface area (Å²) in [5, 5.41) is 0. The fourth-order valence-electron chi connectivity index (χ4n) is 1.61. The van der Waals surface area contributed by atoms with Crippen molar-refractivity contribution in [2.75, 3.05) is 0 Å². The molecule has 78 valence electrons. The van der Waals surface area contributed by atoms with E-state index in [1.54, 1.807) is 12.1 Å². The molecule has 4 heteroatoms. The minimum absolute atomic E-state index is 0.302. The largest absolute Gasteiger partial charge is 0.356 e. The van der Waals surface area contributed by atoms with Gasteiger partial charge in [0.2, 0.25) is 0 Å². The van der Waals surface area contributed by atoms with Crippen LogP contribution >= 0.6 is 11.9 Å². The number of rotatable bonds is 3. The lowest BCUT2D eigenvalue weighted by molar-refractivity contribution is 0.0751. The van der Waals surface area contributed by atoms with Gasteiger partial charge < -0.3 is 4.29 Å². The smallest absolute Gasteiger partial charge is 0.343 e. The minimum atomic E-state index is -0.637. The van der Waals surface area contributed by atoms with E-state index in [0.29, 0.717) is 17.0 Å². The van der Waals surface area contributed by atoms with Crippen molar-refractivity contribution in [1.29, 1.82) is 0 Å². The normalized spacial score (nSPS) is 14.7. The fraction of sp³-hybridized carbons (Fsp3) is 0.273. The summed E-state index contributed by atoms with van der Waals surface area (Å²) in [4.78, 5) is 21.9. The van der Waals surface area contributed by atoms with E-state index in [0.717, 1.165) is 24.7 Å². The molecule has 1 aromatic carbocycles. The Morgan fingerprint density at radius 2 is 2.20 bits per heavy atom. The van der Waals surface area contributed by atoms with Gasteiger partial charge in [-0.1, -0.05) is 6.07 Å². The van der Waals surface area contributed by atoms with Crippen molar-refractivity contribution < 1.29 is 13.9 Å². The Hall–Kier alpha value is -1.35. The number of carbonyl (C=O) groups excluding carboxylic acids is 2. The number of benzene rings is 1. The van der Waals surface area contributed by atoms with Crippen LogP contribution in [-0.4, -0.2) is 12.3 Å². The summed E-state index contributed by atoms with van der Waals surface area (Å²) in [5.41, 5.74) is 1.87. The Morgan fingerprint density at radius 1 is 1.47 bits per heavy atom. The molecule has 0 heterocycles. The fourth-order valence-corrected chi connectivity index (χ4v) is 1.70. The maximum atomic E-state index is 11.1. The average molecular weight is 225 g/mol. The molecule has 0 aliphatic heterocycles. The highest BCUT2D eigenvalue weighted by atomic mass is 35.5. The zero-order chi connectivity index (χ0) is 10.8. The molecule has 15 heavy (non-hydrogen) atoms. The van der Waals surface area contributed by atoms with Crippen LogP contribution in [0.3, 0.4) is 0 Å². The van der Waals surface area contributed by atoms with Gasteiger partial charge in [-0.2, -0.15) is 0 Å². The van der Waals surface area contributed by atoms with Gasteiger partial charge in [0.25, 0.3) is 0 Å². The lowest BCUT2D eigenvalue weighted by Crippen LogP contribution is -2.01. The topological polar surface area (TPSA) is 43.4 Å². The number of aldehydes is 1. The molecule has 0 saturated heterocycles. The molecule has 0 unspecified atom stereocenters. The third-order valence-corrected chi connectivity index (χ3v) is 2.68. The molecular weight excluding hydrogens is 216 g/mol. The zero-order valence-corrected chi connectivity index (χ0v) is 8.66. The number of carbonyl (C=O) groups is 2. The number of hydrogen-bond donors (Lipinski definition) is 0. The van der Waals surface area contributed by atoms with E-state index in [1.807, 2.05) is 0 Å². The van der Waals surface area contributed by atoms with Crippen molar-refractivity contribution in [3.63, 3.8) is 0 Å². The first-order chi connectivity index (χ1) is 7.26. The van der Waals surface area contributed by atoms with Crippen LogP contribution in [0.15, 0.2) is 18.2 Å². The molecule has 0 atom stereocenters. The Morgan fingerprint density at radius 3 is 2.73 bits per heavy atom. The molecule has 1 saturated carbocycles. The first-order valence-corrected chi connectivity index (χ1v) is 4.99. The quantitative estimate of drug-likeness (QED) is 0.742. The first-order valence-electron chi connectivity index (χ1n) is 4.68. The van der Waals surface area contributed by atoms with Gasteiger partial charge in [0.1, 0.15) is 18.2 Å². The Labute approximate surface area is 92.2 Å². The second-order valence-corrected chi connectivity index (χ2v) is 3.75. The zero-order valence-electron chi connectivity index (χ0n) is 7.90. The summed E-state index contributed by atoms with van der Waals surface area (Å²) in [6, 6.07) is 4.95. The molecule has 0 amide bonds. The van der Waals surface area contributed by atoms with Crippen LogP contribution in [0.5, 0.6) is 0 Å². The lowest BCUT2D eigenvalue weighted by Gasteiger charge is -2.04. The van der Waals surface area contributed by atoms with E-state index in [4.69, 9.17) is 11.9 Å². The van der Waals surface area contributed by atoms with Gasteiger partial charge in [-0.05, 0) is 36.5 Å². The van der Waals surface area contributed by atoms with Gasteiger partial charge in [0, 0.05) is 5.56 Å². The molecule has 3 nitrogen and oxygen atoms in total. The van der Waals surface area contributed by atoms with Crippen LogP contribution in [-0.2, 0) is 4.29 Å². The number of hydrogen-bond acceptors (Lipinski definition) is 3. The maximum absolute atomic E-state index is 11.1. The van der Waals surface area contributed by atoms with Crippen LogP contribution in [0.4, 0.5) is 0 Å². The molecule has 0 aromatic heterocycles. The van der Waals surface area contributed by atoms with Gasteiger partial charge in [0.15, 0.2) is 0 Å². The molecule has 0 N–H and O–H groups in total. The summed E-state index contributed by atoms with van der Waals surface area (Å²) in [7, 11) is 0. The molecule has 0 radical (unpaired) electrons. The predicted molar refractivity (Wildman–Crippen MR) is 55.1 cm³/mol. The third-order valence-electron chi connectivity index (χ3n) is 2.54. The van der Waals surface area contributed by atoms with Gasteiger partial charge in [-0.25, -0.2) is 4.79 Å². The molecule has 1 aliphatic rings. The van der Waals surface area contributed by atoms with Crippen molar-refractivity contribution in [1.82, 2.24) is 0 Å². The average Bonchev–Trinajstić information content (AvgIpc) is 3.11. The third kappa shape index (κ3) is 2.02. The maximum Gasteiger partial charge on any atom is 0.356 e. The number of halogens is 1. The molecule has 0 spiro atoms. The van der Waals surface area contributed by atoms with Crippen molar-refractivity contribution in [3.05, 3.63) is 34.9 Å². The van der Waals surface area contributed by atoms with Crippen LogP contribution < -0.4 is 0 Å². The second-order valence-electron chi connectivity index (χ2n) is 3.60. The highest BCUT2D eigenvalue weighted by Crippen LogP contribution is 2.41. The molecule has 2 rings (SSSR count). The first kappa shape index (κ1) is 10.2. The molecule has 1 aliphatic carbocycles. The Kier molecular flexibility index (Phi) is 2.73. The highest BCUT2D eigenvalue weighted by molar-refractivity contribution is 6.15. The van der Waals surface area contributed by atoms with E-state index in [2.05, 4.69) is 4.29 Å². The molecular formula is C11H9ClO3. The van der Waals surface area contributed by atoms with E-state index in [9.17, 15) is 9.59 Å². The van der Waals surface area contributed by atoms with Crippen LogP contribution in [0.1, 0.15) is 45.0 Å². The summed E-state index contributed by atoms with van der Waals surface area (Å²) in [5.74, 6) is -0.159. The van der Waals surface area contributed by atoms with Crippen molar-refractivity contribution in [2.45, 2.75) is 18.8 Å². The summed E-state index contributed by atoms with van der Waals surface area (Å²) < 4.78 is 4.07. The Balaban J connectivity index is 2.37.